The lowest BCUT2D eigenvalue weighted by Crippen LogP contribution is -2.56. The van der Waals surface area contributed by atoms with E-state index in [9.17, 15) is 0 Å². The maximum absolute atomic E-state index is 3.62. The first-order valence-electron chi connectivity index (χ1n) is 6.38. The highest BCUT2D eigenvalue weighted by atomic mass is 15.2. The summed E-state index contributed by atoms with van der Waals surface area (Å²) in [5.41, 5.74) is 0. The van der Waals surface area contributed by atoms with Crippen LogP contribution in [-0.2, 0) is 0 Å². The van der Waals surface area contributed by atoms with Crippen LogP contribution in [0.3, 0.4) is 0 Å². The molecule has 0 amide bonds. The summed E-state index contributed by atoms with van der Waals surface area (Å²) in [5.74, 6) is 0. The quantitative estimate of drug-likeness (QED) is 0.744. The second-order valence-electron chi connectivity index (χ2n) is 5.35. The fourth-order valence-electron chi connectivity index (χ4n) is 3.02. The number of hydrogen-bond acceptors (Lipinski definition) is 3. The molecule has 1 unspecified atom stereocenters. The van der Waals surface area contributed by atoms with E-state index >= 15 is 0 Å². The van der Waals surface area contributed by atoms with Gasteiger partial charge in [0.25, 0.3) is 0 Å². The number of rotatable bonds is 3. The summed E-state index contributed by atoms with van der Waals surface area (Å²) in [6.07, 6.45) is 5.78. The van der Waals surface area contributed by atoms with Crippen LogP contribution in [0.5, 0.6) is 0 Å². The molecule has 1 saturated carbocycles. The minimum absolute atomic E-state index is 0.675. The summed E-state index contributed by atoms with van der Waals surface area (Å²) in [6, 6.07) is 1.58. The Morgan fingerprint density at radius 2 is 2.00 bits per heavy atom. The monoisotopic (exact) mass is 211 g/mol. The van der Waals surface area contributed by atoms with Crippen molar-refractivity contribution >= 4 is 0 Å². The standard InChI is InChI=1S/C12H25N3/c1-14(2)9-11-10-15(8-7-13-11)12-5-3-4-6-12/h11-13H,3-10H2,1-2H3. The first-order valence-corrected chi connectivity index (χ1v) is 6.38. The van der Waals surface area contributed by atoms with Crippen molar-refractivity contribution in [3.05, 3.63) is 0 Å². The van der Waals surface area contributed by atoms with Gasteiger partial charge in [-0.2, -0.15) is 0 Å². The van der Waals surface area contributed by atoms with Gasteiger partial charge < -0.3 is 10.2 Å². The summed E-state index contributed by atoms with van der Waals surface area (Å²) in [5, 5.41) is 3.62. The summed E-state index contributed by atoms with van der Waals surface area (Å²) in [6.45, 7) is 4.86. The minimum atomic E-state index is 0.675. The highest BCUT2D eigenvalue weighted by molar-refractivity contribution is 4.86. The van der Waals surface area contributed by atoms with Crippen molar-refractivity contribution in [3.8, 4) is 0 Å². The van der Waals surface area contributed by atoms with E-state index in [0.29, 0.717) is 6.04 Å². The Morgan fingerprint density at radius 1 is 1.27 bits per heavy atom. The third kappa shape index (κ3) is 3.16. The van der Waals surface area contributed by atoms with Crippen LogP contribution < -0.4 is 5.32 Å². The third-order valence-corrected chi connectivity index (χ3v) is 3.71. The van der Waals surface area contributed by atoms with Gasteiger partial charge in [-0.15, -0.1) is 0 Å². The molecule has 0 radical (unpaired) electrons. The van der Waals surface area contributed by atoms with Gasteiger partial charge in [0.05, 0.1) is 0 Å². The fraction of sp³-hybridized carbons (Fsp3) is 1.00. The molecular formula is C12H25N3. The first kappa shape index (κ1) is 11.4. The normalized spacial score (nSPS) is 30.2. The molecule has 1 heterocycles. The zero-order chi connectivity index (χ0) is 10.7. The summed E-state index contributed by atoms with van der Waals surface area (Å²) in [4.78, 5) is 5.01. The van der Waals surface area contributed by atoms with Crippen molar-refractivity contribution < 1.29 is 0 Å². The van der Waals surface area contributed by atoms with Crippen molar-refractivity contribution in [1.82, 2.24) is 15.1 Å². The molecule has 0 aromatic carbocycles. The van der Waals surface area contributed by atoms with E-state index in [0.717, 1.165) is 6.04 Å². The molecule has 1 aliphatic heterocycles. The largest absolute Gasteiger partial charge is 0.310 e. The Balaban J connectivity index is 1.80. The van der Waals surface area contributed by atoms with Crippen molar-refractivity contribution in [2.24, 2.45) is 0 Å². The second kappa shape index (κ2) is 5.28. The van der Waals surface area contributed by atoms with Gasteiger partial charge in [0.1, 0.15) is 0 Å². The molecule has 1 aliphatic carbocycles. The smallest absolute Gasteiger partial charge is 0.0323 e. The van der Waals surface area contributed by atoms with Crippen molar-refractivity contribution in [3.63, 3.8) is 0 Å². The van der Waals surface area contributed by atoms with E-state index in [2.05, 4.69) is 29.2 Å². The van der Waals surface area contributed by atoms with Gasteiger partial charge in [0.15, 0.2) is 0 Å². The van der Waals surface area contributed by atoms with Crippen LogP contribution in [0.15, 0.2) is 0 Å². The minimum Gasteiger partial charge on any atom is -0.310 e. The van der Waals surface area contributed by atoms with Gasteiger partial charge in [0, 0.05) is 38.3 Å². The van der Waals surface area contributed by atoms with Crippen LogP contribution in [0.4, 0.5) is 0 Å². The van der Waals surface area contributed by atoms with E-state index in [1.54, 1.807) is 0 Å². The van der Waals surface area contributed by atoms with Gasteiger partial charge in [0.2, 0.25) is 0 Å². The van der Waals surface area contributed by atoms with Crippen LogP contribution in [0.1, 0.15) is 25.7 Å². The molecule has 88 valence electrons. The van der Waals surface area contributed by atoms with E-state index in [1.807, 2.05) is 0 Å². The maximum atomic E-state index is 3.62. The number of nitrogens with zero attached hydrogens (tertiary/aromatic N) is 2. The summed E-state index contributed by atoms with van der Waals surface area (Å²) in [7, 11) is 4.33. The molecule has 1 atom stereocenters. The van der Waals surface area contributed by atoms with Gasteiger partial charge in [-0.25, -0.2) is 0 Å². The maximum Gasteiger partial charge on any atom is 0.0323 e. The van der Waals surface area contributed by atoms with E-state index in [1.165, 1.54) is 51.9 Å². The lowest BCUT2D eigenvalue weighted by atomic mass is 10.1. The van der Waals surface area contributed by atoms with Crippen molar-refractivity contribution in [2.75, 3.05) is 40.3 Å². The molecule has 2 aliphatic rings. The molecule has 1 saturated heterocycles. The molecule has 0 aromatic rings. The predicted molar refractivity (Wildman–Crippen MR) is 64.2 cm³/mol. The molecule has 0 aromatic heterocycles. The molecule has 3 nitrogen and oxygen atoms in total. The van der Waals surface area contributed by atoms with Crippen LogP contribution in [0, 0.1) is 0 Å². The number of hydrogen-bond donors (Lipinski definition) is 1. The average Bonchev–Trinajstić information content (AvgIpc) is 2.69. The van der Waals surface area contributed by atoms with E-state index in [4.69, 9.17) is 0 Å². The number of likely N-dealkylation sites (N-methyl/N-ethyl adjacent to an activating group) is 1. The molecule has 0 spiro atoms. The van der Waals surface area contributed by atoms with Crippen LogP contribution >= 0.6 is 0 Å². The Hall–Kier alpha value is -0.120. The molecular weight excluding hydrogens is 186 g/mol. The molecule has 1 N–H and O–H groups in total. The van der Waals surface area contributed by atoms with Crippen LogP contribution in [0.25, 0.3) is 0 Å². The Labute approximate surface area is 93.8 Å². The Kier molecular flexibility index (Phi) is 4.00. The van der Waals surface area contributed by atoms with Gasteiger partial charge in [-0.3, -0.25) is 4.90 Å². The lowest BCUT2D eigenvalue weighted by Gasteiger charge is -2.38. The third-order valence-electron chi connectivity index (χ3n) is 3.71. The molecule has 15 heavy (non-hydrogen) atoms. The zero-order valence-corrected chi connectivity index (χ0v) is 10.2. The van der Waals surface area contributed by atoms with Crippen molar-refractivity contribution in [2.45, 2.75) is 37.8 Å². The molecule has 0 bridgehead atoms. The van der Waals surface area contributed by atoms with Gasteiger partial charge in [-0.05, 0) is 26.9 Å². The lowest BCUT2D eigenvalue weighted by molar-refractivity contribution is 0.133. The molecule has 3 heteroatoms. The highest BCUT2D eigenvalue weighted by Crippen LogP contribution is 2.24. The van der Waals surface area contributed by atoms with Crippen LogP contribution in [0.2, 0.25) is 0 Å². The number of nitrogens with one attached hydrogen (secondary N) is 1. The van der Waals surface area contributed by atoms with Gasteiger partial charge in [-0.1, -0.05) is 12.8 Å². The van der Waals surface area contributed by atoms with Gasteiger partial charge >= 0.3 is 0 Å². The predicted octanol–water partition coefficient (Wildman–Crippen LogP) is 0.764. The second-order valence-corrected chi connectivity index (χ2v) is 5.35. The number of piperazine rings is 1. The molecule has 2 fully saturated rings. The zero-order valence-electron chi connectivity index (χ0n) is 10.2. The highest BCUT2D eigenvalue weighted by Gasteiger charge is 2.27. The molecule has 2 rings (SSSR count). The SMILES string of the molecule is CN(C)CC1CN(C2CCCC2)CCN1. The topological polar surface area (TPSA) is 18.5 Å². The van der Waals surface area contributed by atoms with Crippen LogP contribution in [-0.4, -0.2) is 62.2 Å². The van der Waals surface area contributed by atoms with E-state index in [-0.39, 0.29) is 0 Å². The Bertz CT molecular complexity index is 187. The Morgan fingerprint density at radius 3 is 2.67 bits per heavy atom. The fourth-order valence-corrected chi connectivity index (χ4v) is 3.02. The van der Waals surface area contributed by atoms with E-state index < -0.39 is 0 Å². The van der Waals surface area contributed by atoms with Crippen molar-refractivity contribution in [1.29, 1.82) is 0 Å². The first-order chi connectivity index (χ1) is 7.25. The summed E-state index contributed by atoms with van der Waals surface area (Å²) >= 11 is 0. The summed E-state index contributed by atoms with van der Waals surface area (Å²) < 4.78 is 0. The average molecular weight is 211 g/mol.